The smallest absolute Gasteiger partial charge is 0.0987 e. The van der Waals surface area contributed by atoms with Gasteiger partial charge in [-0.15, -0.1) is 0 Å². The van der Waals surface area contributed by atoms with Crippen molar-refractivity contribution >= 4 is 0 Å². The SMILES string of the molecule is C/C(N)=C/C=C(\N)N1CCNCC1.CC. The summed E-state index contributed by atoms with van der Waals surface area (Å²) in [5.74, 6) is 0.798. The third kappa shape index (κ3) is 6.01. The Morgan fingerprint density at radius 2 is 1.67 bits per heavy atom. The number of hydrogen-bond acceptors (Lipinski definition) is 4. The first-order valence-electron chi connectivity index (χ1n) is 5.55. The summed E-state index contributed by atoms with van der Waals surface area (Å²) in [6, 6.07) is 0. The molecule has 0 unspecified atom stereocenters. The minimum Gasteiger partial charge on any atom is -0.402 e. The second kappa shape index (κ2) is 8.17. The first kappa shape index (κ1) is 13.8. The Bertz CT molecular complexity index is 211. The van der Waals surface area contributed by atoms with Gasteiger partial charge in [0.1, 0.15) is 0 Å². The average molecular weight is 212 g/mol. The molecule has 1 rings (SSSR count). The van der Waals surface area contributed by atoms with Gasteiger partial charge >= 0.3 is 0 Å². The van der Waals surface area contributed by atoms with Crippen LogP contribution in [0.25, 0.3) is 0 Å². The van der Waals surface area contributed by atoms with E-state index >= 15 is 0 Å². The molecule has 0 saturated carbocycles. The van der Waals surface area contributed by atoms with Gasteiger partial charge in [-0.3, -0.25) is 0 Å². The molecule has 0 aromatic carbocycles. The Hall–Kier alpha value is -1.16. The summed E-state index contributed by atoms with van der Waals surface area (Å²) in [7, 11) is 0. The van der Waals surface area contributed by atoms with E-state index < -0.39 is 0 Å². The number of hydrogen-bond donors (Lipinski definition) is 3. The molecule has 1 aliphatic heterocycles. The summed E-state index contributed by atoms with van der Waals surface area (Å²) in [4.78, 5) is 2.15. The molecule has 1 heterocycles. The van der Waals surface area contributed by atoms with Crippen LogP contribution >= 0.6 is 0 Å². The fourth-order valence-electron chi connectivity index (χ4n) is 1.25. The molecular formula is C11H24N4. The van der Waals surface area contributed by atoms with Crippen molar-refractivity contribution in [3.05, 3.63) is 23.7 Å². The number of nitrogens with one attached hydrogen (secondary N) is 1. The van der Waals surface area contributed by atoms with Crippen LogP contribution < -0.4 is 16.8 Å². The van der Waals surface area contributed by atoms with Crippen LogP contribution in [0, 0.1) is 0 Å². The van der Waals surface area contributed by atoms with Crippen molar-refractivity contribution in [2.24, 2.45) is 11.5 Å². The quantitative estimate of drug-likeness (QED) is 0.586. The molecule has 1 fully saturated rings. The highest BCUT2D eigenvalue weighted by Gasteiger charge is 2.08. The summed E-state index contributed by atoms with van der Waals surface area (Å²) in [5.41, 5.74) is 12.1. The fraction of sp³-hybridized carbons (Fsp3) is 0.636. The number of rotatable bonds is 2. The van der Waals surface area contributed by atoms with Crippen molar-refractivity contribution < 1.29 is 0 Å². The van der Waals surface area contributed by atoms with Gasteiger partial charge in [0.05, 0.1) is 5.82 Å². The topological polar surface area (TPSA) is 67.3 Å². The Morgan fingerprint density at radius 1 is 1.13 bits per heavy atom. The molecule has 0 bridgehead atoms. The molecule has 1 saturated heterocycles. The number of nitrogens with zero attached hydrogens (tertiary/aromatic N) is 1. The van der Waals surface area contributed by atoms with E-state index in [2.05, 4.69) is 10.2 Å². The highest BCUT2D eigenvalue weighted by atomic mass is 15.2. The zero-order valence-corrected chi connectivity index (χ0v) is 10.1. The van der Waals surface area contributed by atoms with Crippen LogP contribution in [-0.2, 0) is 0 Å². The molecule has 5 N–H and O–H groups in total. The predicted octanol–water partition coefficient (Wildman–Crippen LogP) is 0.580. The van der Waals surface area contributed by atoms with Gasteiger partial charge in [-0.2, -0.15) is 0 Å². The van der Waals surface area contributed by atoms with Gasteiger partial charge in [0.25, 0.3) is 0 Å². The van der Waals surface area contributed by atoms with Crippen LogP contribution in [0.4, 0.5) is 0 Å². The largest absolute Gasteiger partial charge is 0.402 e. The lowest BCUT2D eigenvalue weighted by atomic mass is 10.3. The molecule has 4 heteroatoms. The highest BCUT2D eigenvalue weighted by molar-refractivity contribution is 5.12. The van der Waals surface area contributed by atoms with Crippen molar-refractivity contribution in [1.82, 2.24) is 10.2 Å². The molecule has 0 aromatic heterocycles. The third-order valence-electron chi connectivity index (χ3n) is 2.00. The van der Waals surface area contributed by atoms with E-state index in [4.69, 9.17) is 11.5 Å². The summed E-state index contributed by atoms with van der Waals surface area (Å²) < 4.78 is 0. The second-order valence-corrected chi connectivity index (χ2v) is 3.24. The number of nitrogens with two attached hydrogens (primary N) is 2. The Labute approximate surface area is 93.0 Å². The van der Waals surface area contributed by atoms with Gasteiger partial charge in [0.15, 0.2) is 0 Å². The van der Waals surface area contributed by atoms with Crippen molar-refractivity contribution in [2.75, 3.05) is 26.2 Å². The van der Waals surface area contributed by atoms with E-state index in [0.717, 1.165) is 37.7 Å². The fourth-order valence-corrected chi connectivity index (χ4v) is 1.25. The Balaban J connectivity index is 0.000000921. The van der Waals surface area contributed by atoms with Gasteiger partial charge < -0.3 is 21.7 Å². The molecule has 0 aliphatic carbocycles. The van der Waals surface area contributed by atoms with E-state index in [1.165, 1.54) is 0 Å². The minimum atomic E-state index is 0.776. The maximum atomic E-state index is 5.86. The molecule has 0 spiro atoms. The van der Waals surface area contributed by atoms with E-state index in [1.807, 2.05) is 32.9 Å². The van der Waals surface area contributed by atoms with Crippen LogP contribution in [0.1, 0.15) is 20.8 Å². The first-order valence-corrected chi connectivity index (χ1v) is 5.55. The second-order valence-electron chi connectivity index (χ2n) is 3.24. The molecule has 1 aliphatic rings. The molecular weight excluding hydrogens is 188 g/mol. The van der Waals surface area contributed by atoms with Gasteiger partial charge in [-0.05, 0) is 19.1 Å². The van der Waals surface area contributed by atoms with Crippen molar-refractivity contribution in [1.29, 1.82) is 0 Å². The summed E-state index contributed by atoms with van der Waals surface area (Å²) in [5, 5.41) is 3.27. The molecule has 4 nitrogen and oxygen atoms in total. The summed E-state index contributed by atoms with van der Waals surface area (Å²) >= 11 is 0. The Kier molecular flexibility index (Phi) is 7.54. The molecule has 0 atom stereocenters. The molecule has 0 aromatic rings. The monoisotopic (exact) mass is 212 g/mol. The molecule has 88 valence electrons. The van der Waals surface area contributed by atoms with Crippen LogP contribution in [0.2, 0.25) is 0 Å². The van der Waals surface area contributed by atoms with Crippen LogP contribution in [0.3, 0.4) is 0 Å². The number of piperazine rings is 1. The molecule has 0 amide bonds. The van der Waals surface area contributed by atoms with Gasteiger partial charge in [-0.25, -0.2) is 0 Å². The minimum absolute atomic E-state index is 0.776. The van der Waals surface area contributed by atoms with E-state index in [1.54, 1.807) is 0 Å². The predicted molar refractivity (Wildman–Crippen MR) is 66.0 cm³/mol. The van der Waals surface area contributed by atoms with Crippen molar-refractivity contribution in [2.45, 2.75) is 20.8 Å². The normalized spacial score (nSPS) is 18.2. The van der Waals surface area contributed by atoms with Crippen molar-refractivity contribution in [3.8, 4) is 0 Å². The molecule has 15 heavy (non-hydrogen) atoms. The molecule has 0 radical (unpaired) electrons. The van der Waals surface area contributed by atoms with Gasteiger partial charge in [0, 0.05) is 31.9 Å². The average Bonchev–Trinajstić information content (AvgIpc) is 2.30. The van der Waals surface area contributed by atoms with Crippen molar-refractivity contribution in [3.63, 3.8) is 0 Å². The van der Waals surface area contributed by atoms with E-state index in [9.17, 15) is 0 Å². The third-order valence-corrected chi connectivity index (χ3v) is 2.00. The maximum absolute atomic E-state index is 5.86. The standard InChI is InChI=1S/C9H18N4.C2H6/c1-8(10)2-3-9(11)13-6-4-12-5-7-13;1-2/h2-3,12H,4-7,10-11H2,1H3;1-2H3/b8-2-,9-3+;. The lowest BCUT2D eigenvalue weighted by Crippen LogP contribution is -2.44. The highest BCUT2D eigenvalue weighted by Crippen LogP contribution is 1.99. The van der Waals surface area contributed by atoms with E-state index in [-0.39, 0.29) is 0 Å². The van der Waals surface area contributed by atoms with Gasteiger partial charge in [-0.1, -0.05) is 13.8 Å². The zero-order chi connectivity index (χ0) is 11.7. The first-order chi connectivity index (χ1) is 7.20. The lowest BCUT2D eigenvalue weighted by Gasteiger charge is -2.29. The van der Waals surface area contributed by atoms with Crippen LogP contribution in [0.15, 0.2) is 23.7 Å². The summed E-state index contributed by atoms with van der Waals surface area (Å²) in [6.07, 6.45) is 3.69. The maximum Gasteiger partial charge on any atom is 0.0987 e. The van der Waals surface area contributed by atoms with Gasteiger partial charge in [0.2, 0.25) is 0 Å². The zero-order valence-electron chi connectivity index (χ0n) is 10.1. The Morgan fingerprint density at radius 3 is 2.13 bits per heavy atom. The summed E-state index contributed by atoms with van der Waals surface area (Å²) in [6.45, 7) is 9.79. The van der Waals surface area contributed by atoms with Crippen LogP contribution in [0.5, 0.6) is 0 Å². The van der Waals surface area contributed by atoms with E-state index in [0.29, 0.717) is 0 Å². The lowest BCUT2D eigenvalue weighted by molar-refractivity contribution is 0.296. The number of allylic oxidation sites excluding steroid dienone is 3. The van der Waals surface area contributed by atoms with Crippen LogP contribution in [-0.4, -0.2) is 31.1 Å².